The predicted octanol–water partition coefficient (Wildman–Crippen LogP) is 8.04. The van der Waals surface area contributed by atoms with Crippen LogP contribution < -0.4 is 10.2 Å². The molecular formula is C26H26ClN2O2. The SMILES string of the molecule is Cc1ccccc1-c1ccc(Nc2ccccc2N([C]2CCCCC2)C(=O)O)cc1Cl. The van der Waals surface area contributed by atoms with Crippen molar-refractivity contribution in [2.24, 2.45) is 0 Å². The normalized spacial score (nSPS) is 14.3. The van der Waals surface area contributed by atoms with Crippen molar-refractivity contribution in [2.75, 3.05) is 10.2 Å². The average Bonchev–Trinajstić information content (AvgIpc) is 2.77. The lowest BCUT2D eigenvalue weighted by molar-refractivity contribution is 0.201. The lowest BCUT2D eigenvalue weighted by Gasteiger charge is -2.32. The summed E-state index contributed by atoms with van der Waals surface area (Å²) in [6.45, 7) is 2.07. The van der Waals surface area contributed by atoms with Gasteiger partial charge in [0.05, 0.1) is 22.4 Å². The van der Waals surface area contributed by atoms with E-state index in [9.17, 15) is 9.90 Å². The number of carboxylic acid groups (broad SMARTS) is 1. The van der Waals surface area contributed by atoms with Gasteiger partial charge in [0.25, 0.3) is 0 Å². The summed E-state index contributed by atoms with van der Waals surface area (Å²) in [5, 5.41) is 14.0. The lowest BCUT2D eigenvalue weighted by Crippen LogP contribution is -2.35. The molecule has 0 spiro atoms. The molecule has 1 aliphatic carbocycles. The molecule has 4 rings (SSSR count). The first kappa shape index (κ1) is 21.3. The Bertz CT molecular complexity index is 1080. The lowest BCUT2D eigenvalue weighted by atomic mass is 9.94. The molecule has 0 atom stereocenters. The predicted molar refractivity (Wildman–Crippen MR) is 128 cm³/mol. The van der Waals surface area contributed by atoms with Gasteiger partial charge in [-0.05, 0) is 55.2 Å². The fraction of sp³-hybridized carbons (Fsp3) is 0.231. The van der Waals surface area contributed by atoms with Gasteiger partial charge in [0.15, 0.2) is 0 Å². The van der Waals surface area contributed by atoms with Crippen LogP contribution in [0.5, 0.6) is 0 Å². The minimum atomic E-state index is -0.945. The van der Waals surface area contributed by atoms with Gasteiger partial charge in [0, 0.05) is 11.3 Å². The smallest absolute Gasteiger partial charge is 0.412 e. The van der Waals surface area contributed by atoms with Gasteiger partial charge < -0.3 is 10.4 Å². The van der Waals surface area contributed by atoms with E-state index in [1.165, 1.54) is 4.90 Å². The molecule has 1 radical (unpaired) electrons. The fourth-order valence-electron chi connectivity index (χ4n) is 4.21. The van der Waals surface area contributed by atoms with Crippen LogP contribution in [-0.4, -0.2) is 11.2 Å². The maximum atomic E-state index is 12.1. The van der Waals surface area contributed by atoms with Crippen LogP contribution in [0.2, 0.25) is 5.02 Å². The van der Waals surface area contributed by atoms with E-state index in [2.05, 4.69) is 24.4 Å². The van der Waals surface area contributed by atoms with Gasteiger partial charge >= 0.3 is 6.09 Å². The summed E-state index contributed by atoms with van der Waals surface area (Å²) in [5.41, 5.74) is 5.44. The zero-order valence-electron chi connectivity index (χ0n) is 17.6. The summed E-state index contributed by atoms with van der Waals surface area (Å²) < 4.78 is 0. The summed E-state index contributed by atoms with van der Waals surface area (Å²) in [7, 11) is 0. The van der Waals surface area contributed by atoms with Crippen LogP contribution in [0.3, 0.4) is 0 Å². The highest BCUT2D eigenvalue weighted by Crippen LogP contribution is 2.39. The molecule has 1 amide bonds. The Labute approximate surface area is 188 Å². The Hall–Kier alpha value is -2.98. The van der Waals surface area contributed by atoms with E-state index in [4.69, 9.17) is 11.6 Å². The monoisotopic (exact) mass is 433 g/mol. The molecule has 3 aromatic rings. The number of hydrogen-bond acceptors (Lipinski definition) is 2. The van der Waals surface area contributed by atoms with Gasteiger partial charge in [0.1, 0.15) is 0 Å². The molecule has 5 heteroatoms. The molecule has 0 aromatic heterocycles. The first-order valence-electron chi connectivity index (χ1n) is 10.6. The van der Waals surface area contributed by atoms with Crippen molar-refractivity contribution >= 4 is 34.8 Å². The standard InChI is InChI=1S/C26H26ClN2O2/c1-18-9-5-6-12-21(18)22-16-15-19(17-23(22)27)28-24-13-7-8-14-25(24)29(26(30)31)20-10-3-2-4-11-20/h5-9,12-17,28H,2-4,10-11H2,1H3,(H,30,31). The van der Waals surface area contributed by atoms with Crippen LogP contribution in [-0.2, 0) is 0 Å². The fourth-order valence-corrected chi connectivity index (χ4v) is 4.49. The number of amides is 1. The second-order valence-corrected chi connectivity index (χ2v) is 8.30. The summed E-state index contributed by atoms with van der Waals surface area (Å²) >= 11 is 6.63. The van der Waals surface area contributed by atoms with Gasteiger partial charge in [-0.25, -0.2) is 4.79 Å². The maximum Gasteiger partial charge on any atom is 0.412 e. The summed E-state index contributed by atoms with van der Waals surface area (Å²) in [5.74, 6) is 0. The third-order valence-electron chi connectivity index (χ3n) is 5.77. The highest BCUT2D eigenvalue weighted by atomic mass is 35.5. The van der Waals surface area contributed by atoms with Gasteiger partial charge in [-0.1, -0.05) is 73.3 Å². The third kappa shape index (κ3) is 4.70. The number of nitrogens with zero attached hydrogens (tertiary/aromatic N) is 1. The van der Waals surface area contributed by atoms with Crippen molar-refractivity contribution in [2.45, 2.75) is 39.0 Å². The summed E-state index contributed by atoms with van der Waals surface area (Å²) in [4.78, 5) is 13.6. The molecule has 4 nitrogen and oxygen atoms in total. The van der Waals surface area contributed by atoms with E-state index < -0.39 is 6.09 Å². The van der Waals surface area contributed by atoms with Crippen molar-refractivity contribution in [3.05, 3.63) is 83.4 Å². The van der Waals surface area contributed by atoms with E-state index in [1.54, 1.807) is 0 Å². The molecular weight excluding hydrogens is 408 g/mol. The van der Waals surface area contributed by atoms with Gasteiger partial charge in [-0.2, -0.15) is 0 Å². The molecule has 159 valence electrons. The zero-order valence-corrected chi connectivity index (χ0v) is 18.3. The van der Waals surface area contributed by atoms with E-state index in [0.717, 1.165) is 66.2 Å². The number of rotatable bonds is 5. The topological polar surface area (TPSA) is 52.6 Å². The Morgan fingerprint density at radius 1 is 0.935 bits per heavy atom. The van der Waals surface area contributed by atoms with Crippen molar-refractivity contribution in [1.29, 1.82) is 0 Å². The van der Waals surface area contributed by atoms with Gasteiger partial charge in [0.2, 0.25) is 0 Å². The molecule has 0 saturated heterocycles. The minimum absolute atomic E-state index is 0.644. The van der Waals surface area contributed by atoms with Crippen molar-refractivity contribution in [3.63, 3.8) is 0 Å². The number of para-hydroxylation sites is 2. The number of nitrogens with one attached hydrogen (secondary N) is 1. The number of benzene rings is 3. The van der Waals surface area contributed by atoms with Crippen LogP contribution in [0.1, 0.15) is 37.7 Å². The maximum absolute atomic E-state index is 12.1. The zero-order chi connectivity index (χ0) is 21.8. The van der Waals surface area contributed by atoms with E-state index >= 15 is 0 Å². The Balaban J connectivity index is 1.64. The van der Waals surface area contributed by atoms with Gasteiger partial charge in [-0.3, -0.25) is 4.90 Å². The molecule has 1 saturated carbocycles. The Morgan fingerprint density at radius 2 is 1.65 bits per heavy atom. The molecule has 0 bridgehead atoms. The first-order chi connectivity index (χ1) is 15.0. The molecule has 31 heavy (non-hydrogen) atoms. The first-order valence-corrected chi connectivity index (χ1v) is 11.0. The average molecular weight is 434 g/mol. The van der Waals surface area contributed by atoms with E-state index in [0.29, 0.717) is 10.7 Å². The quantitative estimate of drug-likeness (QED) is 0.428. The molecule has 0 unspecified atom stereocenters. The molecule has 1 fully saturated rings. The molecule has 2 N–H and O–H groups in total. The second kappa shape index (κ2) is 9.44. The van der Waals surface area contributed by atoms with E-state index in [-0.39, 0.29) is 0 Å². The number of anilines is 3. The molecule has 0 heterocycles. The van der Waals surface area contributed by atoms with Crippen LogP contribution in [0.25, 0.3) is 11.1 Å². The van der Waals surface area contributed by atoms with Crippen LogP contribution >= 0.6 is 11.6 Å². The number of halogens is 1. The second-order valence-electron chi connectivity index (χ2n) is 7.90. The van der Waals surface area contributed by atoms with Crippen LogP contribution in [0.15, 0.2) is 66.7 Å². The van der Waals surface area contributed by atoms with Crippen LogP contribution in [0, 0.1) is 13.0 Å². The van der Waals surface area contributed by atoms with Crippen molar-refractivity contribution in [3.8, 4) is 11.1 Å². The molecule has 1 aliphatic rings. The summed E-state index contributed by atoms with van der Waals surface area (Å²) in [6.07, 6.45) is 3.91. The molecule has 3 aromatic carbocycles. The largest absolute Gasteiger partial charge is 0.465 e. The minimum Gasteiger partial charge on any atom is -0.465 e. The van der Waals surface area contributed by atoms with Crippen molar-refractivity contribution < 1.29 is 9.90 Å². The van der Waals surface area contributed by atoms with Crippen molar-refractivity contribution in [1.82, 2.24) is 0 Å². The Kier molecular flexibility index (Phi) is 6.47. The highest BCUT2D eigenvalue weighted by Gasteiger charge is 2.29. The number of aryl methyl sites for hydroxylation is 1. The number of carbonyl (C=O) groups is 1. The molecule has 0 aliphatic heterocycles. The van der Waals surface area contributed by atoms with E-state index in [1.807, 2.05) is 54.6 Å². The van der Waals surface area contributed by atoms with Crippen LogP contribution in [0.4, 0.5) is 21.9 Å². The summed E-state index contributed by atoms with van der Waals surface area (Å²) in [6, 6.07) is 22.5. The van der Waals surface area contributed by atoms with Gasteiger partial charge in [-0.15, -0.1) is 0 Å². The Morgan fingerprint density at radius 3 is 2.35 bits per heavy atom. The highest BCUT2D eigenvalue weighted by molar-refractivity contribution is 6.33. The number of hydrogen-bond donors (Lipinski definition) is 2. The third-order valence-corrected chi connectivity index (χ3v) is 6.08.